The molecule has 8 heteroatoms. The topological polar surface area (TPSA) is 87.2 Å². The van der Waals surface area contributed by atoms with Crippen LogP contribution >= 0.6 is 15.9 Å². The molecule has 1 fully saturated rings. The second-order valence-corrected chi connectivity index (χ2v) is 5.21. The number of amides is 2. The van der Waals surface area contributed by atoms with Gasteiger partial charge in [-0.1, -0.05) is 6.92 Å². The number of piperazine rings is 1. The first-order chi connectivity index (χ1) is 9.56. The number of aromatic nitrogens is 2. The van der Waals surface area contributed by atoms with Crippen molar-refractivity contribution in [2.45, 2.75) is 26.3 Å². The number of carbonyl (C=O) groups is 2. The largest absolute Gasteiger partial charge is 0.354 e. The first-order valence-corrected chi connectivity index (χ1v) is 7.22. The molecule has 1 unspecified atom stereocenters. The lowest BCUT2D eigenvalue weighted by molar-refractivity contribution is -0.132. The molecular formula is C12H16BrN5O2. The fraction of sp³-hybridized carbons (Fsp3) is 0.500. The van der Waals surface area contributed by atoms with Gasteiger partial charge < -0.3 is 10.2 Å². The van der Waals surface area contributed by atoms with E-state index >= 15 is 0 Å². The van der Waals surface area contributed by atoms with Gasteiger partial charge in [-0.05, 0) is 29.3 Å². The maximum absolute atomic E-state index is 11.9. The summed E-state index contributed by atoms with van der Waals surface area (Å²) in [7, 11) is 0. The molecule has 20 heavy (non-hydrogen) atoms. The standard InChI is InChI=1S/C12H16BrN5O2/c1-3-8-11(20)16-9(19)6-18(8)10-7(13)5-15-12(17-10)14-4-2/h5,8H,3-4,6H2,1-2H3,(H,14,15,17)(H,16,19,20). The van der Waals surface area contributed by atoms with Gasteiger partial charge in [-0.15, -0.1) is 0 Å². The highest BCUT2D eigenvalue weighted by Crippen LogP contribution is 2.27. The molecule has 108 valence electrons. The minimum atomic E-state index is -0.409. The van der Waals surface area contributed by atoms with Crippen LogP contribution in [0.15, 0.2) is 10.7 Å². The van der Waals surface area contributed by atoms with Crippen LogP contribution in [-0.4, -0.2) is 40.9 Å². The Morgan fingerprint density at radius 3 is 2.90 bits per heavy atom. The normalized spacial score (nSPS) is 18.9. The van der Waals surface area contributed by atoms with Gasteiger partial charge in [-0.25, -0.2) is 4.98 Å². The van der Waals surface area contributed by atoms with E-state index in [0.29, 0.717) is 29.2 Å². The van der Waals surface area contributed by atoms with Crippen LogP contribution in [0.25, 0.3) is 0 Å². The number of imide groups is 1. The van der Waals surface area contributed by atoms with Crippen molar-refractivity contribution in [2.75, 3.05) is 23.3 Å². The maximum atomic E-state index is 11.9. The number of nitrogens with one attached hydrogen (secondary N) is 2. The number of nitrogens with zero attached hydrogens (tertiary/aromatic N) is 3. The smallest absolute Gasteiger partial charge is 0.249 e. The Labute approximate surface area is 125 Å². The highest BCUT2D eigenvalue weighted by Gasteiger charge is 2.34. The molecule has 2 amide bonds. The molecule has 2 heterocycles. The fourth-order valence-corrected chi connectivity index (χ4v) is 2.52. The molecule has 0 radical (unpaired) electrons. The molecule has 1 aromatic heterocycles. The molecule has 1 saturated heterocycles. The average Bonchev–Trinajstić information content (AvgIpc) is 2.40. The lowest BCUT2D eigenvalue weighted by Crippen LogP contribution is -2.58. The third kappa shape index (κ3) is 2.90. The van der Waals surface area contributed by atoms with Gasteiger partial charge in [0.2, 0.25) is 17.8 Å². The summed E-state index contributed by atoms with van der Waals surface area (Å²) in [5.41, 5.74) is 0. The Kier molecular flexibility index (Phi) is 4.53. The van der Waals surface area contributed by atoms with Crippen molar-refractivity contribution in [3.05, 3.63) is 10.7 Å². The van der Waals surface area contributed by atoms with Gasteiger partial charge in [0.05, 0.1) is 11.0 Å². The summed E-state index contributed by atoms with van der Waals surface area (Å²) in [6, 6.07) is -0.409. The Morgan fingerprint density at radius 2 is 2.25 bits per heavy atom. The van der Waals surface area contributed by atoms with Gasteiger partial charge in [0.15, 0.2) is 0 Å². The highest BCUT2D eigenvalue weighted by atomic mass is 79.9. The number of rotatable bonds is 4. The molecule has 7 nitrogen and oxygen atoms in total. The van der Waals surface area contributed by atoms with Crippen LogP contribution in [-0.2, 0) is 9.59 Å². The van der Waals surface area contributed by atoms with Crippen molar-refractivity contribution < 1.29 is 9.59 Å². The molecule has 0 aromatic carbocycles. The third-order valence-electron chi connectivity index (χ3n) is 2.97. The fourth-order valence-electron chi connectivity index (χ4n) is 2.10. The second kappa shape index (κ2) is 6.17. The minimum Gasteiger partial charge on any atom is -0.354 e. The van der Waals surface area contributed by atoms with Crippen molar-refractivity contribution in [1.82, 2.24) is 15.3 Å². The summed E-state index contributed by atoms with van der Waals surface area (Å²) in [6.07, 6.45) is 2.20. The molecule has 1 aliphatic rings. The monoisotopic (exact) mass is 341 g/mol. The second-order valence-electron chi connectivity index (χ2n) is 4.36. The molecule has 2 rings (SSSR count). The van der Waals surface area contributed by atoms with E-state index in [1.54, 1.807) is 11.1 Å². The van der Waals surface area contributed by atoms with E-state index in [4.69, 9.17) is 0 Å². The number of hydrogen-bond donors (Lipinski definition) is 2. The van der Waals surface area contributed by atoms with Crippen molar-refractivity contribution in [3.63, 3.8) is 0 Å². The van der Waals surface area contributed by atoms with Gasteiger partial charge in [0.1, 0.15) is 11.9 Å². The van der Waals surface area contributed by atoms with E-state index in [-0.39, 0.29) is 18.4 Å². The van der Waals surface area contributed by atoms with Crippen LogP contribution in [0.4, 0.5) is 11.8 Å². The number of anilines is 2. The Hall–Kier alpha value is -1.70. The van der Waals surface area contributed by atoms with Gasteiger partial charge in [0.25, 0.3) is 0 Å². The molecule has 0 bridgehead atoms. The first-order valence-electron chi connectivity index (χ1n) is 6.43. The molecule has 0 saturated carbocycles. The number of carbonyl (C=O) groups excluding carboxylic acids is 2. The average molecular weight is 342 g/mol. The van der Waals surface area contributed by atoms with Crippen LogP contribution in [0.1, 0.15) is 20.3 Å². The molecule has 0 spiro atoms. The summed E-state index contributed by atoms with van der Waals surface area (Å²) in [5.74, 6) is 0.402. The summed E-state index contributed by atoms with van der Waals surface area (Å²) >= 11 is 3.38. The van der Waals surface area contributed by atoms with Crippen LogP contribution in [0.2, 0.25) is 0 Å². The van der Waals surface area contributed by atoms with E-state index in [2.05, 4.69) is 36.5 Å². The van der Waals surface area contributed by atoms with E-state index in [1.807, 2.05) is 13.8 Å². The zero-order chi connectivity index (χ0) is 14.7. The van der Waals surface area contributed by atoms with Gasteiger partial charge in [0, 0.05) is 12.7 Å². The van der Waals surface area contributed by atoms with Crippen LogP contribution < -0.4 is 15.5 Å². The first kappa shape index (κ1) is 14.7. The van der Waals surface area contributed by atoms with Gasteiger partial charge in [-0.3, -0.25) is 14.9 Å². The predicted molar refractivity (Wildman–Crippen MR) is 78.5 cm³/mol. The molecule has 1 aromatic rings. The van der Waals surface area contributed by atoms with E-state index in [1.165, 1.54) is 0 Å². The van der Waals surface area contributed by atoms with Crippen molar-refractivity contribution in [1.29, 1.82) is 0 Å². The Bertz CT molecular complexity index is 537. The predicted octanol–water partition coefficient (Wildman–Crippen LogP) is 0.912. The number of hydrogen-bond acceptors (Lipinski definition) is 6. The van der Waals surface area contributed by atoms with Crippen molar-refractivity contribution >= 4 is 39.5 Å². The number of halogens is 1. The summed E-state index contributed by atoms with van der Waals surface area (Å²) in [6.45, 7) is 4.63. The minimum absolute atomic E-state index is 0.103. The zero-order valence-corrected chi connectivity index (χ0v) is 12.9. The van der Waals surface area contributed by atoms with E-state index in [9.17, 15) is 9.59 Å². The van der Waals surface area contributed by atoms with Crippen LogP contribution in [0, 0.1) is 0 Å². The SMILES string of the molecule is CCNc1ncc(Br)c(N2CC(=O)NC(=O)C2CC)n1. The quantitative estimate of drug-likeness (QED) is 0.791. The van der Waals surface area contributed by atoms with Crippen LogP contribution in [0.3, 0.4) is 0 Å². The van der Waals surface area contributed by atoms with Crippen LogP contribution in [0.5, 0.6) is 0 Å². The van der Waals surface area contributed by atoms with Crippen molar-refractivity contribution in [3.8, 4) is 0 Å². The van der Waals surface area contributed by atoms with E-state index in [0.717, 1.165) is 0 Å². The summed E-state index contributed by atoms with van der Waals surface area (Å²) in [4.78, 5) is 33.7. The van der Waals surface area contributed by atoms with Gasteiger partial charge in [-0.2, -0.15) is 4.98 Å². The third-order valence-corrected chi connectivity index (χ3v) is 3.53. The van der Waals surface area contributed by atoms with Crippen molar-refractivity contribution in [2.24, 2.45) is 0 Å². The van der Waals surface area contributed by atoms with E-state index < -0.39 is 6.04 Å². The van der Waals surface area contributed by atoms with Gasteiger partial charge >= 0.3 is 0 Å². The lowest BCUT2D eigenvalue weighted by Gasteiger charge is -2.34. The molecular weight excluding hydrogens is 326 g/mol. The Balaban J connectivity index is 2.38. The zero-order valence-electron chi connectivity index (χ0n) is 11.3. The molecule has 2 N–H and O–H groups in total. The molecule has 1 atom stereocenters. The maximum Gasteiger partial charge on any atom is 0.249 e. The summed E-state index contributed by atoms with van der Waals surface area (Å²) < 4.78 is 0.653. The molecule has 0 aliphatic carbocycles. The lowest BCUT2D eigenvalue weighted by atomic mass is 10.1. The highest BCUT2D eigenvalue weighted by molar-refractivity contribution is 9.10. The molecule has 1 aliphatic heterocycles. The Morgan fingerprint density at radius 1 is 1.50 bits per heavy atom. The summed E-state index contributed by atoms with van der Waals surface area (Å²) in [5, 5.41) is 5.36.